The van der Waals surface area contributed by atoms with Gasteiger partial charge in [0.1, 0.15) is 11.4 Å². The van der Waals surface area contributed by atoms with Crippen LogP contribution >= 0.6 is 0 Å². The molecule has 0 fully saturated rings. The molecule has 2 rings (SSSR count). The summed E-state index contributed by atoms with van der Waals surface area (Å²) in [5.41, 5.74) is 1.90. The van der Waals surface area contributed by atoms with Gasteiger partial charge in [-0.15, -0.1) is 0 Å². The third kappa shape index (κ3) is 4.29. The van der Waals surface area contributed by atoms with Crippen molar-refractivity contribution in [2.45, 2.75) is 6.92 Å². The lowest BCUT2D eigenvalue weighted by Crippen LogP contribution is -2.17. The summed E-state index contributed by atoms with van der Waals surface area (Å²) in [5.74, 6) is -0.927. The highest BCUT2D eigenvalue weighted by atomic mass is 16.5. The first-order valence-electron chi connectivity index (χ1n) is 7.24. The Bertz CT molecular complexity index is 714. The summed E-state index contributed by atoms with van der Waals surface area (Å²) >= 11 is 0. The molecule has 0 spiro atoms. The summed E-state index contributed by atoms with van der Waals surface area (Å²) in [5, 5.41) is 2.77. The van der Waals surface area contributed by atoms with Crippen LogP contribution in [0.4, 0.5) is 11.4 Å². The van der Waals surface area contributed by atoms with E-state index in [1.807, 2.05) is 37.2 Å². The second-order valence-corrected chi connectivity index (χ2v) is 5.03. The van der Waals surface area contributed by atoms with Gasteiger partial charge in [0.05, 0.1) is 6.61 Å². The summed E-state index contributed by atoms with van der Waals surface area (Å²) in [7, 11) is 3.84. The minimum atomic E-state index is -0.545. The zero-order valence-corrected chi connectivity index (χ0v) is 13.4. The van der Waals surface area contributed by atoms with E-state index in [1.165, 1.54) is 6.07 Å². The Morgan fingerprint density at radius 3 is 2.52 bits per heavy atom. The highest BCUT2D eigenvalue weighted by Crippen LogP contribution is 2.17. The van der Waals surface area contributed by atoms with Crippen molar-refractivity contribution in [2.75, 3.05) is 30.9 Å². The Balaban J connectivity index is 2.16. The van der Waals surface area contributed by atoms with Crippen LogP contribution in [-0.4, -0.2) is 37.6 Å². The summed E-state index contributed by atoms with van der Waals surface area (Å²) in [6.07, 6.45) is 0. The average molecular weight is 313 g/mol. The summed E-state index contributed by atoms with van der Waals surface area (Å²) in [6, 6.07) is 12.1. The number of nitrogens with zero attached hydrogens (tertiary/aromatic N) is 2. The van der Waals surface area contributed by atoms with Crippen LogP contribution in [0.3, 0.4) is 0 Å². The van der Waals surface area contributed by atoms with Gasteiger partial charge in [-0.25, -0.2) is 9.78 Å². The molecule has 1 amide bonds. The number of anilines is 2. The molecule has 1 aromatic heterocycles. The predicted octanol–water partition coefficient (Wildman–Crippen LogP) is 2.58. The second kappa shape index (κ2) is 7.40. The Morgan fingerprint density at radius 2 is 1.83 bits per heavy atom. The van der Waals surface area contributed by atoms with E-state index in [1.54, 1.807) is 25.1 Å². The number of amides is 1. The van der Waals surface area contributed by atoms with Gasteiger partial charge in [0.2, 0.25) is 0 Å². The number of pyridine rings is 1. The van der Waals surface area contributed by atoms with E-state index in [9.17, 15) is 9.59 Å². The fraction of sp³-hybridized carbons (Fsp3) is 0.235. The van der Waals surface area contributed by atoms with Crippen LogP contribution in [0, 0.1) is 0 Å². The summed E-state index contributed by atoms with van der Waals surface area (Å²) in [6.45, 7) is 1.97. The number of hydrogen-bond donors (Lipinski definition) is 1. The van der Waals surface area contributed by atoms with E-state index >= 15 is 0 Å². The third-order valence-electron chi connectivity index (χ3n) is 3.09. The molecule has 0 bridgehead atoms. The van der Waals surface area contributed by atoms with E-state index in [-0.39, 0.29) is 23.9 Å². The molecular weight excluding hydrogens is 294 g/mol. The molecule has 1 aromatic carbocycles. The number of carbonyl (C=O) groups is 2. The van der Waals surface area contributed by atoms with Gasteiger partial charge in [-0.2, -0.15) is 0 Å². The van der Waals surface area contributed by atoms with Gasteiger partial charge < -0.3 is 15.0 Å². The quantitative estimate of drug-likeness (QED) is 0.859. The number of esters is 1. The maximum Gasteiger partial charge on any atom is 0.356 e. The van der Waals surface area contributed by atoms with Crippen molar-refractivity contribution in [1.82, 2.24) is 4.98 Å². The van der Waals surface area contributed by atoms with Gasteiger partial charge in [0.25, 0.3) is 5.91 Å². The molecule has 0 aliphatic carbocycles. The van der Waals surface area contributed by atoms with Gasteiger partial charge in [0.15, 0.2) is 0 Å². The molecule has 0 aliphatic rings. The number of hydrogen-bond acceptors (Lipinski definition) is 5. The number of rotatable bonds is 5. The van der Waals surface area contributed by atoms with Crippen LogP contribution in [0.2, 0.25) is 0 Å². The molecule has 0 atom stereocenters. The number of benzene rings is 1. The van der Waals surface area contributed by atoms with E-state index in [0.29, 0.717) is 5.69 Å². The zero-order valence-electron chi connectivity index (χ0n) is 13.4. The van der Waals surface area contributed by atoms with Crippen LogP contribution in [0.15, 0.2) is 42.5 Å². The van der Waals surface area contributed by atoms with E-state index < -0.39 is 5.97 Å². The Morgan fingerprint density at radius 1 is 1.13 bits per heavy atom. The fourth-order valence-electron chi connectivity index (χ4n) is 1.94. The predicted molar refractivity (Wildman–Crippen MR) is 88.9 cm³/mol. The van der Waals surface area contributed by atoms with Crippen molar-refractivity contribution in [3.8, 4) is 0 Å². The largest absolute Gasteiger partial charge is 0.461 e. The van der Waals surface area contributed by atoms with Gasteiger partial charge in [-0.05, 0) is 37.3 Å². The van der Waals surface area contributed by atoms with Crippen LogP contribution in [0.1, 0.15) is 27.9 Å². The van der Waals surface area contributed by atoms with Crippen molar-refractivity contribution in [2.24, 2.45) is 0 Å². The summed E-state index contributed by atoms with van der Waals surface area (Å²) in [4.78, 5) is 30.0. The molecule has 2 aromatic rings. The van der Waals surface area contributed by atoms with Crippen molar-refractivity contribution in [1.29, 1.82) is 0 Å². The molecule has 0 aliphatic heterocycles. The van der Waals surface area contributed by atoms with Gasteiger partial charge >= 0.3 is 5.97 Å². The van der Waals surface area contributed by atoms with Crippen LogP contribution in [-0.2, 0) is 4.74 Å². The van der Waals surface area contributed by atoms with Crippen molar-refractivity contribution >= 4 is 23.3 Å². The molecule has 1 heterocycles. The first-order valence-corrected chi connectivity index (χ1v) is 7.24. The lowest BCUT2D eigenvalue weighted by atomic mass is 10.2. The monoisotopic (exact) mass is 313 g/mol. The SMILES string of the molecule is CCOC(=O)c1cccc(C(=O)Nc2cccc(N(C)C)c2)n1. The van der Waals surface area contributed by atoms with Crippen molar-refractivity contribution in [3.63, 3.8) is 0 Å². The minimum absolute atomic E-state index is 0.113. The average Bonchev–Trinajstić information content (AvgIpc) is 2.55. The first-order chi connectivity index (χ1) is 11.0. The number of aromatic nitrogens is 1. The van der Waals surface area contributed by atoms with Crippen LogP contribution in [0.25, 0.3) is 0 Å². The number of nitrogens with one attached hydrogen (secondary N) is 1. The van der Waals surface area contributed by atoms with Crippen LogP contribution in [0.5, 0.6) is 0 Å². The number of carbonyl (C=O) groups excluding carboxylic acids is 2. The maximum absolute atomic E-state index is 12.3. The molecule has 0 saturated carbocycles. The molecule has 0 radical (unpaired) electrons. The molecular formula is C17H19N3O3. The second-order valence-electron chi connectivity index (χ2n) is 5.03. The number of ether oxygens (including phenoxy) is 1. The van der Waals surface area contributed by atoms with Gasteiger partial charge in [-0.3, -0.25) is 4.79 Å². The van der Waals surface area contributed by atoms with E-state index in [0.717, 1.165) is 5.69 Å². The molecule has 23 heavy (non-hydrogen) atoms. The van der Waals surface area contributed by atoms with Gasteiger partial charge in [-0.1, -0.05) is 12.1 Å². The maximum atomic E-state index is 12.3. The lowest BCUT2D eigenvalue weighted by Gasteiger charge is -2.14. The molecule has 6 heteroatoms. The molecule has 6 nitrogen and oxygen atoms in total. The Kier molecular flexibility index (Phi) is 5.30. The van der Waals surface area contributed by atoms with Crippen LogP contribution < -0.4 is 10.2 Å². The molecule has 120 valence electrons. The normalized spacial score (nSPS) is 10.0. The first kappa shape index (κ1) is 16.5. The lowest BCUT2D eigenvalue weighted by molar-refractivity contribution is 0.0519. The van der Waals surface area contributed by atoms with E-state index in [2.05, 4.69) is 10.3 Å². The third-order valence-corrected chi connectivity index (χ3v) is 3.09. The van der Waals surface area contributed by atoms with Crippen molar-refractivity contribution in [3.05, 3.63) is 53.9 Å². The highest BCUT2D eigenvalue weighted by molar-refractivity contribution is 6.03. The fourth-order valence-corrected chi connectivity index (χ4v) is 1.94. The topological polar surface area (TPSA) is 71.5 Å². The Hall–Kier alpha value is -2.89. The molecule has 1 N–H and O–H groups in total. The van der Waals surface area contributed by atoms with Crippen molar-refractivity contribution < 1.29 is 14.3 Å². The minimum Gasteiger partial charge on any atom is -0.461 e. The molecule has 0 saturated heterocycles. The highest BCUT2D eigenvalue weighted by Gasteiger charge is 2.13. The molecule has 0 unspecified atom stereocenters. The van der Waals surface area contributed by atoms with E-state index in [4.69, 9.17) is 4.74 Å². The Labute approximate surface area is 135 Å². The smallest absolute Gasteiger partial charge is 0.356 e. The van der Waals surface area contributed by atoms with Gasteiger partial charge in [0, 0.05) is 25.5 Å². The zero-order chi connectivity index (χ0) is 16.8. The standard InChI is InChI=1S/C17H19N3O3/c1-4-23-17(22)15-10-6-9-14(19-15)16(21)18-12-7-5-8-13(11-12)20(2)3/h5-11H,4H2,1-3H3,(H,18,21). The summed E-state index contributed by atoms with van der Waals surface area (Å²) < 4.78 is 4.88.